The molecule has 0 aromatic heterocycles. The Balaban J connectivity index is 2.39. The Bertz CT molecular complexity index is 386. The van der Waals surface area contributed by atoms with Crippen LogP contribution in [0.5, 0.6) is 0 Å². The Morgan fingerprint density at radius 2 is 1.41 bits per heavy atom. The summed E-state index contributed by atoms with van der Waals surface area (Å²) in [5, 5.41) is 0. The van der Waals surface area contributed by atoms with Crippen LogP contribution in [-0.4, -0.2) is 5.97 Å². The summed E-state index contributed by atoms with van der Waals surface area (Å²) in [7, 11) is 0. The minimum absolute atomic E-state index is 0.0122. The first-order valence-corrected chi connectivity index (χ1v) is 12.1. The molecule has 1 rings (SSSR count). The van der Waals surface area contributed by atoms with E-state index < -0.39 is 0 Å². The van der Waals surface area contributed by atoms with Crippen LogP contribution in [0.2, 0.25) is 0 Å². The zero-order valence-electron chi connectivity index (χ0n) is 18.4. The van der Waals surface area contributed by atoms with Crippen LogP contribution in [0.15, 0.2) is 11.8 Å². The first kappa shape index (κ1) is 24.2. The summed E-state index contributed by atoms with van der Waals surface area (Å²) < 4.78 is 5.80. The van der Waals surface area contributed by atoms with Gasteiger partial charge in [0.15, 0.2) is 0 Å². The van der Waals surface area contributed by atoms with Crippen molar-refractivity contribution >= 4 is 5.97 Å². The summed E-state index contributed by atoms with van der Waals surface area (Å²) >= 11 is 0. The second-order valence-corrected chi connectivity index (χ2v) is 8.68. The molecule has 0 saturated carbocycles. The number of hydrogen-bond donors (Lipinski definition) is 0. The SMILES string of the molecule is CCCCCCCCC(=O)OC1=CC(C)CCCCCCCCCCCC1. The fourth-order valence-corrected chi connectivity index (χ4v) is 4.00. The van der Waals surface area contributed by atoms with E-state index in [0.29, 0.717) is 12.3 Å². The lowest BCUT2D eigenvalue weighted by Crippen LogP contribution is -2.06. The first-order chi connectivity index (χ1) is 13.2. The van der Waals surface area contributed by atoms with Crippen molar-refractivity contribution < 1.29 is 9.53 Å². The van der Waals surface area contributed by atoms with Gasteiger partial charge in [-0.25, -0.2) is 0 Å². The molecule has 1 atom stereocenters. The van der Waals surface area contributed by atoms with Crippen molar-refractivity contribution in [3.8, 4) is 0 Å². The molecule has 1 unspecified atom stereocenters. The summed E-state index contributed by atoms with van der Waals surface area (Å²) in [5.74, 6) is 1.46. The quantitative estimate of drug-likeness (QED) is 0.312. The topological polar surface area (TPSA) is 26.3 Å². The van der Waals surface area contributed by atoms with Gasteiger partial charge in [0.05, 0.1) is 0 Å². The van der Waals surface area contributed by atoms with E-state index in [4.69, 9.17) is 4.74 Å². The van der Waals surface area contributed by atoms with Crippen LogP contribution in [0.3, 0.4) is 0 Å². The minimum atomic E-state index is -0.0122. The zero-order chi connectivity index (χ0) is 19.6. The molecule has 2 heteroatoms. The van der Waals surface area contributed by atoms with Gasteiger partial charge in [-0.15, -0.1) is 0 Å². The highest BCUT2D eigenvalue weighted by Crippen LogP contribution is 2.21. The summed E-state index contributed by atoms with van der Waals surface area (Å²) in [4.78, 5) is 12.3. The molecule has 0 N–H and O–H groups in total. The Morgan fingerprint density at radius 3 is 2.07 bits per heavy atom. The lowest BCUT2D eigenvalue weighted by molar-refractivity contribution is -0.139. The predicted molar refractivity (Wildman–Crippen MR) is 117 cm³/mol. The van der Waals surface area contributed by atoms with Crippen LogP contribution in [0, 0.1) is 5.92 Å². The van der Waals surface area contributed by atoms with E-state index in [-0.39, 0.29) is 5.97 Å². The molecule has 0 spiro atoms. The van der Waals surface area contributed by atoms with E-state index in [0.717, 1.165) is 31.4 Å². The van der Waals surface area contributed by atoms with Gasteiger partial charge >= 0.3 is 5.97 Å². The number of carbonyl (C=O) groups is 1. The van der Waals surface area contributed by atoms with E-state index in [1.165, 1.54) is 89.9 Å². The molecule has 0 aromatic carbocycles. The number of esters is 1. The maximum atomic E-state index is 12.3. The number of hydrogen-bond acceptors (Lipinski definition) is 2. The highest BCUT2D eigenvalue weighted by Gasteiger charge is 2.10. The summed E-state index contributed by atoms with van der Waals surface area (Å²) in [5.41, 5.74) is 0. The van der Waals surface area contributed by atoms with Crippen molar-refractivity contribution in [3.63, 3.8) is 0 Å². The molecular weight excluding hydrogens is 332 g/mol. The van der Waals surface area contributed by atoms with Gasteiger partial charge in [-0.1, -0.05) is 104 Å². The van der Waals surface area contributed by atoms with Crippen LogP contribution >= 0.6 is 0 Å². The van der Waals surface area contributed by atoms with Crippen molar-refractivity contribution in [2.75, 3.05) is 0 Å². The largest absolute Gasteiger partial charge is 0.431 e. The Kier molecular flexibility index (Phi) is 15.6. The fourth-order valence-electron chi connectivity index (χ4n) is 4.00. The second kappa shape index (κ2) is 17.3. The predicted octanol–water partition coefficient (Wildman–Crippen LogP) is 8.50. The Hall–Kier alpha value is -0.790. The average Bonchev–Trinajstić information content (AvgIpc) is 2.65. The van der Waals surface area contributed by atoms with Crippen LogP contribution in [0.4, 0.5) is 0 Å². The summed E-state index contributed by atoms with van der Waals surface area (Å²) in [6.07, 6.45) is 25.6. The van der Waals surface area contributed by atoms with Gasteiger partial charge in [0, 0.05) is 12.8 Å². The number of carbonyl (C=O) groups excluding carboxylic acids is 1. The first-order valence-electron chi connectivity index (χ1n) is 12.1. The zero-order valence-corrected chi connectivity index (χ0v) is 18.4. The minimum Gasteiger partial charge on any atom is -0.431 e. The molecule has 0 saturated heterocycles. The van der Waals surface area contributed by atoms with Crippen molar-refractivity contribution in [1.29, 1.82) is 0 Å². The van der Waals surface area contributed by atoms with E-state index in [1.54, 1.807) is 0 Å². The highest BCUT2D eigenvalue weighted by atomic mass is 16.5. The van der Waals surface area contributed by atoms with Crippen molar-refractivity contribution in [2.24, 2.45) is 5.92 Å². The number of unbranched alkanes of at least 4 members (excludes halogenated alkanes) is 5. The molecule has 0 bridgehead atoms. The van der Waals surface area contributed by atoms with Crippen molar-refractivity contribution in [1.82, 2.24) is 0 Å². The smallest absolute Gasteiger partial charge is 0.310 e. The van der Waals surface area contributed by atoms with Gasteiger partial charge in [-0.05, 0) is 31.3 Å². The van der Waals surface area contributed by atoms with Crippen molar-refractivity contribution in [3.05, 3.63) is 11.8 Å². The number of ether oxygens (including phenoxy) is 1. The molecule has 27 heavy (non-hydrogen) atoms. The van der Waals surface area contributed by atoms with E-state index in [2.05, 4.69) is 19.9 Å². The van der Waals surface area contributed by atoms with Crippen LogP contribution in [0.25, 0.3) is 0 Å². The van der Waals surface area contributed by atoms with Crippen LogP contribution in [-0.2, 0) is 9.53 Å². The highest BCUT2D eigenvalue weighted by molar-refractivity contribution is 5.70. The molecule has 0 aliphatic heterocycles. The van der Waals surface area contributed by atoms with Gasteiger partial charge in [0.25, 0.3) is 0 Å². The van der Waals surface area contributed by atoms with Crippen molar-refractivity contribution in [2.45, 2.75) is 136 Å². The van der Waals surface area contributed by atoms with E-state index in [9.17, 15) is 4.79 Å². The second-order valence-electron chi connectivity index (χ2n) is 8.68. The monoisotopic (exact) mass is 378 g/mol. The molecule has 1 aliphatic carbocycles. The maximum absolute atomic E-state index is 12.3. The van der Waals surface area contributed by atoms with Gasteiger partial charge in [-0.3, -0.25) is 4.79 Å². The Morgan fingerprint density at radius 1 is 0.852 bits per heavy atom. The molecular formula is C25H46O2. The molecule has 0 amide bonds. The molecule has 0 fully saturated rings. The summed E-state index contributed by atoms with van der Waals surface area (Å²) in [6, 6.07) is 0. The van der Waals surface area contributed by atoms with Gasteiger partial charge < -0.3 is 4.74 Å². The molecule has 0 radical (unpaired) electrons. The normalized spacial score (nSPS) is 21.0. The van der Waals surface area contributed by atoms with Gasteiger partial charge in [0.2, 0.25) is 0 Å². The molecule has 0 heterocycles. The van der Waals surface area contributed by atoms with Crippen LogP contribution in [0.1, 0.15) is 136 Å². The van der Waals surface area contributed by atoms with Gasteiger partial charge in [0.1, 0.15) is 5.76 Å². The lowest BCUT2D eigenvalue weighted by Gasteiger charge is -2.13. The van der Waals surface area contributed by atoms with E-state index in [1.807, 2.05) is 0 Å². The van der Waals surface area contributed by atoms with Crippen LogP contribution < -0.4 is 0 Å². The molecule has 0 aromatic rings. The lowest BCUT2D eigenvalue weighted by atomic mass is 10.0. The average molecular weight is 379 g/mol. The fraction of sp³-hybridized carbons (Fsp3) is 0.880. The van der Waals surface area contributed by atoms with E-state index >= 15 is 0 Å². The Labute approximate surface area is 169 Å². The molecule has 1 aliphatic rings. The molecule has 158 valence electrons. The third-order valence-electron chi connectivity index (χ3n) is 5.78. The van der Waals surface area contributed by atoms with Gasteiger partial charge in [-0.2, -0.15) is 0 Å². The third kappa shape index (κ3) is 14.9. The number of rotatable bonds is 8. The standard InChI is InChI=1S/C25H46O2/c1-3-4-5-6-15-18-21-25(26)27-24-20-17-14-12-10-8-7-9-11-13-16-19-23(2)22-24/h22-23H,3-21H2,1-2H3. The summed E-state index contributed by atoms with van der Waals surface area (Å²) in [6.45, 7) is 4.51. The molecule has 2 nitrogen and oxygen atoms in total. The number of allylic oxidation sites excluding steroid dienone is 2. The third-order valence-corrected chi connectivity index (χ3v) is 5.78. The maximum Gasteiger partial charge on any atom is 0.310 e.